The number of halogens is 1. The molecule has 2 nitrogen and oxygen atoms in total. The highest BCUT2D eigenvalue weighted by Gasteiger charge is 2.09. The summed E-state index contributed by atoms with van der Waals surface area (Å²) in [5.74, 6) is 0. The van der Waals surface area contributed by atoms with Gasteiger partial charge in [0.05, 0.1) is 10.6 Å². The Bertz CT molecular complexity index is 542. The van der Waals surface area contributed by atoms with Gasteiger partial charge in [-0.05, 0) is 36.8 Å². The van der Waals surface area contributed by atoms with Crippen LogP contribution in [-0.4, -0.2) is 9.94 Å². The average Bonchev–Trinajstić information content (AvgIpc) is 2.47. The molecule has 0 amide bonds. The van der Waals surface area contributed by atoms with Gasteiger partial charge in [0.2, 0.25) is 0 Å². The third kappa shape index (κ3) is 1.93. The average molecular weight is 258 g/mol. The quantitative estimate of drug-likeness (QED) is 0.613. The lowest BCUT2D eigenvalue weighted by Gasteiger charge is -1.99. The summed E-state index contributed by atoms with van der Waals surface area (Å²) in [5.41, 5.74) is 1.77. The Hall–Kier alpha value is -0.840. The summed E-state index contributed by atoms with van der Waals surface area (Å²) in [7, 11) is 0. The largest absolute Gasteiger partial charge is 0.427 e. The van der Waals surface area contributed by atoms with Gasteiger partial charge < -0.3 is 5.21 Å². The number of hydrogen-bond acceptors (Lipinski definition) is 3. The Balaban J connectivity index is 2.59. The smallest absolute Gasteiger partial charge is 0.197 e. The first-order chi connectivity index (χ1) is 7.09. The van der Waals surface area contributed by atoms with Gasteiger partial charge in [0.25, 0.3) is 0 Å². The first-order valence-corrected chi connectivity index (χ1v) is 5.87. The molecule has 0 fully saturated rings. The highest BCUT2D eigenvalue weighted by atomic mass is 35.5. The van der Waals surface area contributed by atoms with E-state index < -0.39 is 0 Å². The Morgan fingerprint density at radius 1 is 1.33 bits per heavy atom. The fraction of sp³-hybridized carbons (Fsp3) is 0.100. The number of thiazole rings is 1. The molecule has 0 unspecified atom stereocenters. The predicted molar refractivity (Wildman–Crippen MR) is 65.5 cm³/mol. The Morgan fingerprint density at radius 2 is 1.93 bits per heavy atom. The molecular weight excluding hydrogens is 250 g/mol. The van der Waals surface area contributed by atoms with Gasteiger partial charge in [-0.15, -0.1) is 11.3 Å². The van der Waals surface area contributed by atoms with Crippen LogP contribution in [0.15, 0.2) is 24.3 Å². The van der Waals surface area contributed by atoms with E-state index in [1.54, 1.807) is 0 Å². The summed E-state index contributed by atoms with van der Waals surface area (Å²) in [4.78, 5) is 0.971. The molecule has 1 heterocycles. The molecule has 1 aromatic heterocycles. The second kappa shape index (κ2) is 3.96. The summed E-state index contributed by atoms with van der Waals surface area (Å²) in [6.45, 7) is 1.83. The molecule has 5 heteroatoms. The van der Waals surface area contributed by atoms with E-state index in [1.807, 2.05) is 31.2 Å². The van der Waals surface area contributed by atoms with Gasteiger partial charge in [0.1, 0.15) is 0 Å². The zero-order valence-electron chi connectivity index (χ0n) is 7.90. The highest BCUT2D eigenvalue weighted by Crippen LogP contribution is 2.30. The van der Waals surface area contributed by atoms with Crippen LogP contribution in [0.1, 0.15) is 5.69 Å². The van der Waals surface area contributed by atoms with Gasteiger partial charge in [-0.3, -0.25) is 0 Å². The molecule has 0 aliphatic carbocycles. The van der Waals surface area contributed by atoms with Crippen LogP contribution in [-0.2, 0) is 0 Å². The fourth-order valence-corrected chi connectivity index (χ4v) is 2.71. The van der Waals surface area contributed by atoms with E-state index in [4.69, 9.17) is 23.8 Å². The van der Waals surface area contributed by atoms with Crippen molar-refractivity contribution in [2.24, 2.45) is 0 Å². The lowest BCUT2D eigenvalue weighted by atomic mass is 10.2. The van der Waals surface area contributed by atoms with Gasteiger partial charge in [-0.2, -0.15) is 4.73 Å². The first kappa shape index (κ1) is 10.7. The Kier molecular flexibility index (Phi) is 2.82. The summed E-state index contributed by atoms with van der Waals surface area (Å²) >= 11 is 12.2. The molecule has 1 aromatic carbocycles. The molecule has 2 rings (SSSR count). The summed E-state index contributed by atoms with van der Waals surface area (Å²) < 4.78 is 1.49. The van der Waals surface area contributed by atoms with Gasteiger partial charge in [0.15, 0.2) is 3.95 Å². The fourth-order valence-electron chi connectivity index (χ4n) is 1.31. The van der Waals surface area contributed by atoms with E-state index in [-0.39, 0.29) is 0 Å². The second-order valence-electron chi connectivity index (χ2n) is 3.10. The minimum atomic E-state index is 0.456. The zero-order valence-corrected chi connectivity index (χ0v) is 10.3. The molecule has 2 aromatic rings. The topological polar surface area (TPSA) is 25.2 Å². The van der Waals surface area contributed by atoms with Crippen LogP contribution in [0, 0.1) is 10.9 Å². The zero-order chi connectivity index (χ0) is 11.0. The standard InChI is InChI=1S/C10H8ClNOS2/c1-6-9(15-10(14)12(6)13)7-2-4-8(11)5-3-7/h2-5,13H,1H3. The third-order valence-electron chi connectivity index (χ3n) is 2.12. The molecule has 0 atom stereocenters. The lowest BCUT2D eigenvalue weighted by molar-refractivity contribution is 0.179. The van der Waals surface area contributed by atoms with Gasteiger partial charge >= 0.3 is 0 Å². The van der Waals surface area contributed by atoms with E-state index in [1.165, 1.54) is 11.3 Å². The molecule has 0 aliphatic rings. The minimum absolute atomic E-state index is 0.456. The highest BCUT2D eigenvalue weighted by molar-refractivity contribution is 7.73. The Morgan fingerprint density at radius 3 is 2.40 bits per heavy atom. The Labute approximate surface area is 101 Å². The molecule has 15 heavy (non-hydrogen) atoms. The van der Waals surface area contributed by atoms with E-state index in [0.717, 1.165) is 20.9 Å². The van der Waals surface area contributed by atoms with Crippen LogP contribution in [0.5, 0.6) is 0 Å². The molecule has 78 valence electrons. The maximum atomic E-state index is 9.54. The number of nitrogens with zero attached hydrogens (tertiary/aromatic N) is 1. The first-order valence-electron chi connectivity index (χ1n) is 4.27. The molecule has 0 bridgehead atoms. The normalized spacial score (nSPS) is 10.5. The number of rotatable bonds is 1. The third-order valence-corrected chi connectivity index (χ3v) is 3.87. The second-order valence-corrected chi connectivity index (χ2v) is 5.18. The van der Waals surface area contributed by atoms with Crippen molar-refractivity contribution in [2.75, 3.05) is 0 Å². The summed E-state index contributed by atoms with van der Waals surface area (Å²) in [6.07, 6.45) is 0. The number of aromatic nitrogens is 1. The van der Waals surface area contributed by atoms with E-state index in [2.05, 4.69) is 0 Å². The van der Waals surface area contributed by atoms with Gasteiger partial charge in [-0.1, -0.05) is 23.7 Å². The lowest BCUT2D eigenvalue weighted by Crippen LogP contribution is -1.92. The van der Waals surface area contributed by atoms with Gasteiger partial charge in [-0.25, -0.2) is 0 Å². The van der Waals surface area contributed by atoms with E-state index in [0.29, 0.717) is 8.98 Å². The SMILES string of the molecule is Cc1c(-c2ccc(Cl)cc2)sc(=S)n1O. The molecule has 1 N–H and O–H groups in total. The van der Waals surface area contributed by atoms with Crippen molar-refractivity contribution < 1.29 is 5.21 Å². The minimum Gasteiger partial charge on any atom is -0.427 e. The van der Waals surface area contributed by atoms with Crippen molar-refractivity contribution in [1.29, 1.82) is 0 Å². The van der Waals surface area contributed by atoms with E-state index >= 15 is 0 Å². The number of hydrogen-bond donors (Lipinski definition) is 1. The number of benzene rings is 1. The van der Waals surface area contributed by atoms with Crippen molar-refractivity contribution >= 4 is 35.2 Å². The van der Waals surface area contributed by atoms with Crippen LogP contribution in [0.2, 0.25) is 5.02 Å². The molecule has 0 spiro atoms. The van der Waals surface area contributed by atoms with Crippen molar-refractivity contribution in [3.63, 3.8) is 0 Å². The van der Waals surface area contributed by atoms with Crippen molar-refractivity contribution in [1.82, 2.24) is 4.73 Å². The van der Waals surface area contributed by atoms with Crippen LogP contribution >= 0.6 is 35.2 Å². The van der Waals surface area contributed by atoms with Crippen molar-refractivity contribution in [3.05, 3.63) is 38.9 Å². The van der Waals surface area contributed by atoms with Gasteiger partial charge in [0, 0.05) is 5.02 Å². The molecular formula is C10H8ClNOS2. The van der Waals surface area contributed by atoms with Crippen LogP contribution in [0.25, 0.3) is 10.4 Å². The van der Waals surface area contributed by atoms with Crippen LogP contribution in [0.3, 0.4) is 0 Å². The summed E-state index contributed by atoms with van der Waals surface area (Å²) in [6, 6.07) is 7.47. The summed E-state index contributed by atoms with van der Waals surface area (Å²) in [5, 5.41) is 10.2. The molecule has 0 saturated carbocycles. The van der Waals surface area contributed by atoms with Crippen molar-refractivity contribution in [2.45, 2.75) is 6.92 Å². The predicted octanol–water partition coefficient (Wildman–Crippen LogP) is 4.15. The maximum absolute atomic E-state index is 9.54. The molecule has 0 aliphatic heterocycles. The monoisotopic (exact) mass is 257 g/mol. The van der Waals surface area contributed by atoms with E-state index in [9.17, 15) is 5.21 Å². The molecule has 0 saturated heterocycles. The molecule has 0 radical (unpaired) electrons. The maximum Gasteiger partial charge on any atom is 0.197 e. The van der Waals surface area contributed by atoms with Crippen molar-refractivity contribution in [3.8, 4) is 10.4 Å². The van der Waals surface area contributed by atoms with Crippen LogP contribution in [0.4, 0.5) is 0 Å². The van der Waals surface area contributed by atoms with Crippen LogP contribution < -0.4 is 0 Å².